The van der Waals surface area contributed by atoms with E-state index in [1.165, 1.54) is 16.2 Å². The van der Waals surface area contributed by atoms with Crippen LogP contribution in [0.25, 0.3) is 10.9 Å². The summed E-state index contributed by atoms with van der Waals surface area (Å²) in [5.41, 5.74) is 4.50. The van der Waals surface area contributed by atoms with Crippen LogP contribution in [0.2, 0.25) is 0 Å². The van der Waals surface area contributed by atoms with Gasteiger partial charge in [0.15, 0.2) is 0 Å². The lowest BCUT2D eigenvalue weighted by atomic mass is 10.0. The zero-order valence-electron chi connectivity index (χ0n) is 15.3. The number of H-pyrrole nitrogens is 1. The average Bonchev–Trinajstić information content (AvgIpc) is 3.13. The molecule has 1 aromatic heterocycles. The molecular weight excluding hydrogens is 322 g/mol. The van der Waals surface area contributed by atoms with E-state index in [4.69, 9.17) is 0 Å². The lowest BCUT2D eigenvalue weighted by Crippen LogP contribution is -3.15. The first kappa shape index (κ1) is 16.9. The number of anilines is 1. The van der Waals surface area contributed by atoms with Crippen LogP contribution in [0.4, 0.5) is 5.69 Å². The first-order valence-corrected chi connectivity index (χ1v) is 9.52. The van der Waals surface area contributed by atoms with Crippen molar-refractivity contribution in [2.24, 2.45) is 0 Å². The summed E-state index contributed by atoms with van der Waals surface area (Å²) in [5, 5.41) is 1.07. The minimum atomic E-state index is 0.243. The molecule has 0 saturated carbocycles. The van der Waals surface area contributed by atoms with E-state index in [-0.39, 0.29) is 5.78 Å². The number of fused-ring (bicyclic) bond motifs is 1. The minimum Gasteiger partial charge on any atom is -0.360 e. The van der Waals surface area contributed by atoms with Crippen molar-refractivity contribution < 1.29 is 9.69 Å². The highest BCUT2D eigenvalue weighted by Gasteiger charge is 2.24. The van der Waals surface area contributed by atoms with Crippen LogP contribution >= 0.6 is 0 Å². The third kappa shape index (κ3) is 3.25. The van der Waals surface area contributed by atoms with E-state index in [9.17, 15) is 4.79 Å². The van der Waals surface area contributed by atoms with Crippen molar-refractivity contribution in [3.05, 3.63) is 65.9 Å². The molecule has 0 radical (unpaired) electrons. The van der Waals surface area contributed by atoms with Gasteiger partial charge in [-0.3, -0.25) is 4.79 Å². The largest absolute Gasteiger partial charge is 0.360 e. The number of ketones is 1. The number of quaternary nitrogens is 1. The maximum Gasteiger partial charge on any atom is 0.219 e. The first-order valence-electron chi connectivity index (χ1n) is 9.52. The van der Waals surface area contributed by atoms with Crippen molar-refractivity contribution in [1.29, 1.82) is 0 Å². The summed E-state index contributed by atoms with van der Waals surface area (Å²) < 4.78 is 0. The number of rotatable bonds is 5. The average molecular weight is 348 g/mol. The van der Waals surface area contributed by atoms with Crippen LogP contribution in [0.1, 0.15) is 22.8 Å². The normalized spacial score (nSPS) is 15.5. The Morgan fingerprint density at radius 1 is 1.08 bits per heavy atom. The maximum absolute atomic E-state index is 12.9. The molecule has 26 heavy (non-hydrogen) atoms. The van der Waals surface area contributed by atoms with Crippen molar-refractivity contribution in [2.45, 2.75) is 13.3 Å². The van der Waals surface area contributed by atoms with Crippen molar-refractivity contribution in [3.8, 4) is 0 Å². The summed E-state index contributed by atoms with van der Waals surface area (Å²) in [5.74, 6) is 0.243. The number of benzene rings is 2. The number of Topliss-reactive ketones (excluding diaryl/α,β-unsaturated/α-hetero) is 1. The number of aromatic amines is 1. The Morgan fingerprint density at radius 2 is 1.85 bits per heavy atom. The lowest BCUT2D eigenvalue weighted by Gasteiger charge is -2.33. The molecule has 2 heterocycles. The highest BCUT2D eigenvalue weighted by molar-refractivity contribution is 6.08. The molecule has 3 aromatic rings. The number of nitrogens with one attached hydrogen (secondary N) is 2. The van der Waals surface area contributed by atoms with E-state index in [0.29, 0.717) is 6.54 Å². The van der Waals surface area contributed by atoms with Crippen LogP contribution in [-0.4, -0.2) is 43.5 Å². The molecule has 4 rings (SSSR count). The Balaban J connectivity index is 1.42. The van der Waals surface area contributed by atoms with Crippen LogP contribution in [-0.2, 0) is 6.42 Å². The second-order valence-electron chi connectivity index (χ2n) is 7.07. The van der Waals surface area contributed by atoms with E-state index < -0.39 is 0 Å². The Hall–Kier alpha value is -2.59. The number of aromatic nitrogens is 1. The molecule has 2 N–H and O–H groups in total. The van der Waals surface area contributed by atoms with Crippen molar-refractivity contribution in [3.63, 3.8) is 0 Å². The topological polar surface area (TPSA) is 40.5 Å². The third-order valence-electron chi connectivity index (χ3n) is 5.49. The van der Waals surface area contributed by atoms with Gasteiger partial charge in [0.25, 0.3) is 0 Å². The van der Waals surface area contributed by atoms with Crippen LogP contribution in [0.15, 0.2) is 54.7 Å². The maximum atomic E-state index is 12.9. The molecule has 4 nitrogen and oxygen atoms in total. The van der Waals surface area contributed by atoms with Crippen molar-refractivity contribution in [2.75, 3.05) is 37.6 Å². The highest BCUT2D eigenvalue weighted by atomic mass is 16.1. The zero-order valence-corrected chi connectivity index (χ0v) is 15.3. The smallest absolute Gasteiger partial charge is 0.219 e. The Labute approximate surface area is 154 Å². The highest BCUT2D eigenvalue weighted by Crippen LogP contribution is 2.22. The number of aryl methyl sites for hydroxylation is 1. The van der Waals surface area contributed by atoms with Gasteiger partial charge in [-0.25, -0.2) is 0 Å². The fourth-order valence-corrected chi connectivity index (χ4v) is 3.96. The summed E-state index contributed by atoms with van der Waals surface area (Å²) in [6, 6.07) is 16.8. The molecule has 0 atom stereocenters. The van der Waals surface area contributed by atoms with Crippen LogP contribution < -0.4 is 9.80 Å². The molecular formula is C22H26N3O+. The van der Waals surface area contributed by atoms with Gasteiger partial charge in [-0.05, 0) is 24.1 Å². The predicted octanol–water partition coefficient (Wildman–Crippen LogP) is 2.32. The van der Waals surface area contributed by atoms with Crippen LogP contribution in [0.5, 0.6) is 0 Å². The molecule has 0 bridgehead atoms. The fraction of sp³-hybridized carbons (Fsp3) is 0.318. The van der Waals surface area contributed by atoms with E-state index in [0.717, 1.165) is 49.1 Å². The second-order valence-corrected chi connectivity index (χ2v) is 7.07. The van der Waals surface area contributed by atoms with E-state index in [1.54, 1.807) is 0 Å². The molecule has 0 aliphatic carbocycles. The number of carbonyl (C=O) groups excluding carboxylic acids is 1. The van der Waals surface area contributed by atoms with Crippen molar-refractivity contribution in [1.82, 2.24) is 4.98 Å². The molecule has 4 heteroatoms. The van der Waals surface area contributed by atoms with E-state index in [1.807, 2.05) is 6.20 Å². The predicted molar refractivity (Wildman–Crippen MR) is 106 cm³/mol. The summed E-state index contributed by atoms with van der Waals surface area (Å²) in [6.45, 7) is 6.73. The summed E-state index contributed by atoms with van der Waals surface area (Å²) >= 11 is 0. The SMILES string of the molecule is CCc1cccc2c(C(=O)C[NH+]3CCN(c4ccccc4)CC3)c[nH]c12. The molecule has 0 spiro atoms. The molecule has 2 aromatic carbocycles. The quantitative estimate of drug-likeness (QED) is 0.695. The number of piperazine rings is 1. The molecule has 134 valence electrons. The number of hydrogen-bond donors (Lipinski definition) is 2. The van der Waals surface area contributed by atoms with Gasteiger partial charge in [0.2, 0.25) is 5.78 Å². The standard InChI is InChI=1S/C22H25N3O/c1-2-17-7-6-10-19-20(15-23-22(17)19)21(26)16-24-11-13-25(14-12-24)18-8-4-3-5-9-18/h3-10,15,23H,2,11-14,16H2,1H3/p+1. The van der Waals surface area contributed by atoms with Gasteiger partial charge < -0.3 is 14.8 Å². The molecule has 1 aliphatic rings. The number of para-hydroxylation sites is 2. The lowest BCUT2D eigenvalue weighted by molar-refractivity contribution is -0.892. The van der Waals surface area contributed by atoms with Gasteiger partial charge in [0, 0.05) is 28.4 Å². The Bertz CT molecular complexity index is 892. The Kier molecular flexibility index (Phi) is 4.76. The molecule has 0 amide bonds. The number of hydrogen-bond acceptors (Lipinski definition) is 2. The monoisotopic (exact) mass is 348 g/mol. The molecule has 1 saturated heterocycles. The first-order chi connectivity index (χ1) is 12.8. The van der Waals surface area contributed by atoms with E-state index in [2.05, 4.69) is 65.3 Å². The third-order valence-corrected chi connectivity index (χ3v) is 5.49. The van der Waals surface area contributed by atoms with Crippen LogP contribution in [0, 0.1) is 0 Å². The van der Waals surface area contributed by atoms with Gasteiger partial charge in [-0.15, -0.1) is 0 Å². The zero-order chi connectivity index (χ0) is 17.9. The minimum absolute atomic E-state index is 0.243. The summed E-state index contributed by atoms with van der Waals surface area (Å²) in [6.07, 6.45) is 2.87. The second kappa shape index (κ2) is 7.34. The van der Waals surface area contributed by atoms with Gasteiger partial charge in [0.05, 0.1) is 26.2 Å². The van der Waals surface area contributed by atoms with Gasteiger partial charge in [-0.1, -0.05) is 43.3 Å². The summed E-state index contributed by atoms with van der Waals surface area (Å²) in [7, 11) is 0. The van der Waals surface area contributed by atoms with E-state index >= 15 is 0 Å². The molecule has 0 unspecified atom stereocenters. The molecule has 1 aliphatic heterocycles. The van der Waals surface area contributed by atoms with Gasteiger partial charge in [-0.2, -0.15) is 0 Å². The van der Waals surface area contributed by atoms with Crippen molar-refractivity contribution >= 4 is 22.4 Å². The van der Waals surface area contributed by atoms with Gasteiger partial charge in [0.1, 0.15) is 6.54 Å². The van der Waals surface area contributed by atoms with Crippen LogP contribution in [0.3, 0.4) is 0 Å². The fourth-order valence-electron chi connectivity index (χ4n) is 3.96. The number of carbonyl (C=O) groups is 1. The number of nitrogens with zero attached hydrogens (tertiary/aromatic N) is 1. The Morgan fingerprint density at radius 3 is 2.58 bits per heavy atom. The molecule has 1 fully saturated rings. The van der Waals surface area contributed by atoms with Gasteiger partial charge >= 0.3 is 0 Å². The summed E-state index contributed by atoms with van der Waals surface area (Å²) in [4.78, 5) is 20.0.